The van der Waals surface area contributed by atoms with E-state index in [1.54, 1.807) is 6.08 Å². The minimum absolute atomic E-state index is 0.0433. The summed E-state index contributed by atoms with van der Waals surface area (Å²) in [4.78, 5) is 18.0. The van der Waals surface area contributed by atoms with E-state index in [9.17, 15) is 4.79 Å². The molecule has 1 aliphatic heterocycles. The molecule has 27 heavy (non-hydrogen) atoms. The van der Waals surface area contributed by atoms with Crippen molar-refractivity contribution in [2.45, 2.75) is 25.4 Å². The fourth-order valence-corrected chi connectivity index (χ4v) is 3.44. The Morgan fingerprint density at radius 3 is 2.89 bits per heavy atom. The van der Waals surface area contributed by atoms with Gasteiger partial charge in [-0.3, -0.25) is 4.79 Å². The molecule has 0 bridgehead atoms. The summed E-state index contributed by atoms with van der Waals surface area (Å²) in [5, 5.41) is 1.19. The minimum Gasteiger partial charge on any atom is -0.454 e. The molecule has 2 aliphatic rings. The van der Waals surface area contributed by atoms with Crippen molar-refractivity contribution in [1.29, 1.82) is 0 Å². The Hall–Kier alpha value is -3.21. The Bertz CT molecular complexity index is 1030. The van der Waals surface area contributed by atoms with Crippen molar-refractivity contribution in [3.05, 3.63) is 65.9 Å². The normalized spacial score (nSPS) is 15.6. The monoisotopic (exact) mass is 360 g/mol. The van der Waals surface area contributed by atoms with Crippen molar-refractivity contribution in [3.63, 3.8) is 0 Å². The van der Waals surface area contributed by atoms with Crippen molar-refractivity contribution >= 4 is 22.9 Å². The number of H-pyrrole nitrogens is 1. The fraction of sp³-hybridized carbons (Fsp3) is 0.227. The quantitative estimate of drug-likeness (QED) is 0.697. The zero-order valence-corrected chi connectivity index (χ0v) is 14.9. The number of carbonyl (C=O) groups excluding carboxylic acids is 1. The molecule has 1 aromatic heterocycles. The molecule has 1 aliphatic carbocycles. The van der Waals surface area contributed by atoms with Crippen LogP contribution in [-0.4, -0.2) is 28.6 Å². The van der Waals surface area contributed by atoms with Crippen LogP contribution in [0.4, 0.5) is 0 Å². The van der Waals surface area contributed by atoms with Crippen molar-refractivity contribution < 1.29 is 14.3 Å². The van der Waals surface area contributed by atoms with E-state index >= 15 is 0 Å². The Morgan fingerprint density at radius 1 is 1.11 bits per heavy atom. The number of fused-ring (bicyclic) bond motifs is 2. The largest absolute Gasteiger partial charge is 0.454 e. The summed E-state index contributed by atoms with van der Waals surface area (Å²) in [6.07, 6.45) is 7.59. The maximum Gasteiger partial charge on any atom is 0.247 e. The summed E-state index contributed by atoms with van der Waals surface area (Å²) in [7, 11) is 0. The number of aromatic nitrogens is 1. The van der Waals surface area contributed by atoms with Crippen LogP contribution in [0.2, 0.25) is 0 Å². The lowest BCUT2D eigenvalue weighted by Crippen LogP contribution is -2.31. The molecule has 1 saturated carbocycles. The second-order valence-corrected chi connectivity index (χ2v) is 7.04. The van der Waals surface area contributed by atoms with Gasteiger partial charge in [0.1, 0.15) is 0 Å². The second kappa shape index (κ2) is 6.50. The first-order valence-electron chi connectivity index (χ1n) is 9.21. The van der Waals surface area contributed by atoms with Crippen LogP contribution in [0.25, 0.3) is 17.0 Å². The van der Waals surface area contributed by atoms with Crippen LogP contribution in [0, 0.1) is 0 Å². The SMILES string of the molecule is O=C(/C=C/c1ccc2c(c1)OCO2)N(Cc1ccc2cc[nH]c2c1)C1CC1. The smallest absolute Gasteiger partial charge is 0.247 e. The molecule has 136 valence electrons. The van der Waals surface area contributed by atoms with E-state index in [-0.39, 0.29) is 12.7 Å². The number of rotatable bonds is 5. The third kappa shape index (κ3) is 3.28. The zero-order valence-electron chi connectivity index (χ0n) is 14.9. The molecule has 1 amide bonds. The highest BCUT2D eigenvalue weighted by atomic mass is 16.7. The molecule has 0 spiro atoms. The van der Waals surface area contributed by atoms with E-state index in [1.165, 1.54) is 5.39 Å². The molecule has 3 aromatic rings. The third-order valence-corrected chi connectivity index (χ3v) is 5.06. The molecule has 5 rings (SSSR count). The average molecular weight is 360 g/mol. The van der Waals surface area contributed by atoms with Crippen LogP contribution < -0.4 is 9.47 Å². The molecule has 5 nitrogen and oxygen atoms in total. The van der Waals surface area contributed by atoms with Crippen molar-refractivity contribution in [2.24, 2.45) is 0 Å². The highest BCUT2D eigenvalue weighted by Crippen LogP contribution is 2.33. The Labute approximate surface area is 157 Å². The summed E-state index contributed by atoms with van der Waals surface area (Å²) in [6, 6.07) is 14.4. The maximum absolute atomic E-state index is 12.8. The summed E-state index contributed by atoms with van der Waals surface area (Å²) >= 11 is 0. The maximum atomic E-state index is 12.8. The summed E-state index contributed by atoms with van der Waals surface area (Å²) < 4.78 is 10.7. The van der Waals surface area contributed by atoms with Crippen molar-refractivity contribution in [2.75, 3.05) is 6.79 Å². The second-order valence-electron chi connectivity index (χ2n) is 7.04. The van der Waals surface area contributed by atoms with Gasteiger partial charge >= 0.3 is 0 Å². The summed E-state index contributed by atoms with van der Waals surface area (Å²) in [6.45, 7) is 0.881. The van der Waals surface area contributed by atoms with E-state index in [0.29, 0.717) is 12.6 Å². The molecule has 5 heteroatoms. The Kier molecular flexibility index (Phi) is 3.85. The highest BCUT2D eigenvalue weighted by molar-refractivity contribution is 5.92. The molecule has 0 atom stereocenters. The fourth-order valence-electron chi connectivity index (χ4n) is 3.44. The first-order chi connectivity index (χ1) is 13.3. The predicted octanol–water partition coefficient (Wildman–Crippen LogP) is 4.10. The van der Waals surface area contributed by atoms with E-state index in [1.807, 2.05) is 35.4 Å². The van der Waals surface area contributed by atoms with Gasteiger partial charge in [-0.1, -0.05) is 18.2 Å². The van der Waals surface area contributed by atoms with Gasteiger partial charge in [0.15, 0.2) is 11.5 Å². The van der Waals surface area contributed by atoms with Gasteiger partial charge in [-0.2, -0.15) is 0 Å². The Balaban J connectivity index is 1.33. The van der Waals surface area contributed by atoms with Gasteiger partial charge in [0.25, 0.3) is 0 Å². The lowest BCUT2D eigenvalue weighted by Gasteiger charge is -2.21. The first kappa shape index (κ1) is 16.0. The van der Waals surface area contributed by atoms with E-state index in [4.69, 9.17) is 9.47 Å². The number of amides is 1. The standard InChI is InChI=1S/C22H20N2O3/c25-22(8-3-15-2-7-20-21(12-15)27-14-26-20)24(18-5-6-18)13-16-1-4-17-9-10-23-19(17)11-16/h1-4,7-12,18,23H,5-6,13-14H2/b8-3+. The van der Waals surface area contributed by atoms with Gasteiger partial charge in [-0.05, 0) is 59.7 Å². The number of aromatic amines is 1. The van der Waals surface area contributed by atoms with Crippen LogP contribution in [0.1, 0.15) is 24.0 Å². The number of hydrogen-bond acceptors (Lipinski definition) is 3. The van der Waals surface area contributed by atoms with E-state index < -0.39 is 0 Å². The van der Waals surface area contributed by atoms with Crippen LogP contribution in [-0.2, 0) is 11.3 Å². The van der Waals surface area contributed by atoms with Crippen LogP contribution in [0.3, 0.4) is 0 Å². The third-order valence-electron chi connectivity index (χ3n) is 5.06. The van der Waals surface area contributed by atoms with Crippen molar-refractivity contribution in [1.82, 2.24) is 9.88 Å². The molecule has 0 radical (unpaired) electrons. The number of ether oxygens (including phenoxy) is 2. The van der Waals surface area contributed by atoms with Crippen LogP contribution in [0.5, 0.6) is 11.5 Å². The van der Waals surface area contributed by atoms with Gasteiger partial charge in [0.05, 0.1) is 0 Å². The highest BCUT2D eigenvalue weighted by Gasteiger charge is 2.31. The number of carbonyl (C=O) groups is 1. The van der Waals surface area contributed by atoms with Gasteiger partial charge in [-0.15, -0.1) is 0 Å². The van der Waals surface area contributed by atoms with Gasteiger partial charge < -0.3 is 19.4 Å². The van der Waals surface area contributed by atoms with Gasteiger partial charge in [-0.25, -0.2) is 0 Å². The van der Waals surface area contributed by atoms with E-state index in [2.05, 4.69) is 29.2 Å². The topological polar surface area (TPSA) is 54.6 Å². The van der Waals surface area contributed by atoms with E-state index in [0.717, 1.165) is 41.0 Å². The minimum atomic E-state index is 0.0433. The zero-order chi connectivity index (χ0) is 18.2. The number of nitrogens with one attached hydrogen (secondary N) is 1. The predicted molar refractivity (Wildman–Crippen MR) is 103 cm³/mol. The molecule has 0 unspecified atom stereocenters. The molecule has 1 fully saturated rings. The van der Waals surface area contributed by atoms with Gasteiger partial charge in [0, 0.05) is 30.4 Å². The molecule has 2 heterocycles. The Morgan fingerprint density at radius 2 is 2.00 bits per heavy atom. The summed E-state index contributed by atoms with van der Waals surface area (Å²) in [5.41, 5.74) is 3.17. The number of hydrogen-bond donors (Lipinski definition) is 1. The van der Waals surface area contributed by atoms with Crippen molar-refractivity contribution in [3.8, 4) is 11.5 Å². The molecule has 0 saturated heterocycles. The first-order valence-corrected chi connectivity index (χ1v) is 9.21. The number of benzene rings is 2. The lowest BCUT2D eigenvalue weighted by molar-refractivity contribution is -0.127. The average Bonchev–Trinajstić information content (AvgIpc) is 3.23. The number of nitrogens with zero attached hydrogens (tertiary/aromatic N) is 1. The molecule has 1 N–H and O–H groups in total. The van der Waals surface area contributed by atoms with Gasteiger partial charge in [0.2, 0.25) is 12.7 Å². The molecular weight excluding hydrogens is 340 g/mol. The van der Waals surface area contributed by atoms with Crippen LogP contribution in [0.15, 0.2) is 54.7 Å². The lowest BCUT2D eigenvalue weighted by atomic mass is 10.1. The van der Waals surface area contributed by atoms with Crippen LogP contribution >= 0.6 is 0 Å². The molecular formula is C22H20N2O3. The molecule has 2 aromatic carbocycles. The summed E-state index contributed by atoms with van der Waals surface area (Å²) in [5.74, 6) is 1.52.